The van der Waals surface area contributed by atoms with Gasteiger partial charge in [0.2, 0.25) is 0 Å². The molecule has 3 rings (SSSR count). The zero-order valence-electron chi connectivity index (χ0n) is 16.0. The molecular weight excluding hydrogens is 380 g/mol. The number of aromatic nitrogens is 1. The third-order valence-electron chi connectivity index (χ3n) is 4.49. The Kier molecular flexibility index (Phi) is 6.57. The van der Waals surface area contributed by atoms with Gasteiger partial charge in [-0.05, 0) is 17.7 Å². The van der Waals surface area contributed by atoms with Gasteiger partial charge >= 0.3 is 5.97 Å². The second-order valence-electron chi connectivity index (χ2n) is 6.66. The predicted molar refractivity (Wildman–Crippen MR) is 104 cm³/mol. The van der Waals surface area contributed by atoms with Crippen molar-refractivity contribution in [2.45, 2.75) is 6.54 Å². The number of ether oxygens (including phenoxy) is 2. The van der Waals surface area contributed by atoms with Crippen LogP contribution in [0.4, 0.5) is 11.4 Å². The van der Waals surface area contributed by atoms with E-state index in [1.807, 2.05) is 12.1 Å². The van der Waals surface area contributed by atoms with Gasteiger partial charge in [0.05, 0.1) is 24.3 Å². The number of aryl methyl sites for hydroxylation is 1. The van der Waals surface area contributed by atoms with E-state index in [0.717, 1.165) is 44.5 Å². The fourth-order valence-corrected chi connectivity index (χ4v) is 2.96. The van der Waals surface area contributed by atoms with E-state index in [0.29, 0.717) is 5.69 Å². The summed E-state index contributed by atoms with van der Waals surface area (Å²) < 4.78 is 11.6. The number of nitro groups is 1. The summed E-state index contributed by atoms with van der Waals surface area (Å²) in [6, 6.07) is 8.54. The number of carbonyl (C=O) groups excluding carboxylic acids is 2. The van der Waals surface area contributed by atoms with Gasteiger partial charge in [0.1, 0.15) is 5.69 Å². The van der Waals surface area contributed by atoms with E-state index in [1.165, 1.54) is 17.8 Å². The van der Waals surface area contributed by atoms with E-state index >= 15 is 0 Å². The first kappa shape index (κ1) is 20.5. The van der Waals surface area contributed by atoms with Gasteiger partial charge in [0.25, 0.3) is 11.6 Å². The van der Waals surface area contributed by atoms with Crippen LogP contribution < -0.4 is 5.32 Å². The van der Waals surface area contributed by atoms with Gasteiger partial charge in [-0.1, -0.05) is 12.1 Å². The lowest BCUT2D eigenvalue weighted by Crippen LogP contribution is -2.35. The van der Waals surface area contributed by atoms with Crippen LogP contribution in [0.15, 0.2) is 36.5 Å². The number of benzene rings is 1. The number of anilines is 1. The topological polar surface area (TPSA) is 116 Å². The molecule has 2 heterocycles. The summed E-state index contributed by atoms with van der Waals surface area (Å²) in [6.07, 6.45) is 1.20. The van der Waals surface area contributed by atoms with Gasteiger partial charge in [0, 0.05) is 38.4 Å². The van der Waals surface area contributed by atoms with Crippen LogP contribution in [0.5, 0.6) is 0 Å². The fourth-order valence-electron chi connectivity index (χ4n) is 2.96. The molecule has 0 bridgehead atoms. The number of hydrogen-bond donors (Lipinski definition) is 1. The average Bonchev–Trinajstić information content (AvgIpc) is 3.11. The van der Waals surface area contributed by atoms with E-state index < -0.39 is 23.4 Å². The molecule has 0 aliphatic carbocycles. The Bertz CT molecular complexity index is 887. The summed E-state index contributed by atoms with van der Waals surface area (Å²) in [5.74, 6) is -1.31. The molecule has 1 aliphatic heterocycles. The molecule has 10 heteroatoms. The quantitative estimate of drug-likeness (QED) is 0.424. The molecule has 0 atom stereocenters. The van der Waals surface area contributed by atoms with Gasteiger partial charge in [0.15, 0.2) is 6.61 Å². The number of rotatable bonds is 7. The molecule has 1 amide bonds. The maximum absolute atomic E-state index is 12.0. The van der Waals surface area contributed by atoms with Crippen LogP contribution in [-0.4, -0.2) is 59.2 Å². The van der Waals surface area contributed by atoms with Crippen molar-refractivity contribution >= 4 is 23.3 Å². The highest BCUT2D eigenvalue weighted by atomic mass is 16.6. The number of hydrogen-bond acceptors (Lipinski definition) is 7. The van der Waals surface area contributed by atoms with Gasteiger partial charge in [-0.25, -0.2) is 4.79 Å². The SMILES string of the molecule is Cn1cc([N+](=O)[O-])cc1C(=O)OCC(=O)Nc1ccc(CN2CCOCC2)cc1. The zero-order valence-corrected chi connectivity index (χ0v) is 16.0. The summed E-state index contributed by atoms with van der Waals surface area (Å²) in [5, 5.41) is 13.4. The van der Waals surface area contributed by atoms with Crippen LogP contribution in [0.2, 0.25) is 0 Å². The first-order valence-electron chi connectivity index (χ1n) is 9.09. The van der Waals surface area contributed by atoms with Gasteiger partial charge in [-0.2, -0.15) is 0 Å². The number of amides is 1. The standard InChI is InChI=1S/C19H22N4O6/c1-21-12-16(23(26)27)10-17(21)19(25)29-13-18(24)20-15-4-2-14(3-5-15)11-22-6-8-28-9-7-22/h2-5,10,12H,6-9,11,13H2,1H3,(H,20,24). The lowest BCUT2D eigenvalue weighted by atomic mass is 10.2. The maximum Gasteiger partial charge on any atom is 0.355 e. The molecule has 1 aromatic carbocycles. The van der Waals surface area contributed by atoms with Crippen LogP contribution in [0.25, 0.3) is 0 Å². The highest BCUT2D eigenvalue weighted by molar-refractivity contribution is 5.95. The van der Waals surface area contributed by atoms with E-state index in [9.17, 15) is 19.7 Å². The highest BCUT2D eigenvalue weighted by Gasteiger charge is 2.19. The Morgan fingerprint density at radius 3 is 2.55 bits per heavy atom. The normalized spacial score (nSPS) is 14.4. The highest BCUT2D eigenvalue weighted by Crippen LogP contribution is 2.16. The Morgan fingerprint density at radius 1 is 1.24 bits per heavy atom. The molecule has 0 saturated carbocycles. The van der Waals surface area contributed by atoms with Gasteiger partial charge in [-0.15, -0.1) is 0 Å². The first-order valence-corrected chi connectivity index (χ1v) is 9.09. The zero-order chi connectivity index (χ0) is 20.8. The number of nitrogens with zero attached hydrogens (tertiary/aromatic N) is 3. The van der Waals surface area contributed by atoms with E-state index in [1.54, 1.807) is 12.1 Å². The second kappa shape index (κ2) is 9.30. The van der Waals surface area contributed by atoms with Crippen molar-refractivity contribution < 1.29 is 24.0 Å². The molecule has 154 valence electrons. The Balaban J connectivity index is 1.47. The van der Waals surface area contributed by atoms with E-state index in [2.05, 4.69) is 10.2 Å². The van der Waals surface area contributed by atoms with E-state index in [4.69, 9.17) is 9.47 Å². The number of morpholine rings is 1. The number of nitrogens with one attached hydrogen (secondary N) is 1. The van der Waals surface area contributed by atoms with Crippen molar-refractivity contribution in [1.82, 2.24) is 9.47 Å². The summed E-state index contributed by atoms with van der Waals surface area (Å²) >= 11 is 0. The van der Waals surface area contributed by atoms with Gasteiger partial charge < -0.3 is 19.4 Å². The molecule has 0 unspecified atom stereocenters. The smallest absolute Gasteiger partial charge is 0.355 e. The van der Waals surface area contributed by atoms with Crippen molar-refractivity contribution in [1.29, 1.82) is 0 Å². The van der Waals surface area contributed by atoms with Crippen LogP contribution in [0.1, 0.15) is 16.1 Å². The largest absolute Gasteiger partial charge is 0.451 e. The molecule has 1 aliphatic rings. The summed E-state index contributed by atoms with van der Waals surface area (Å²) in [4.78, 5) is 36.5. The van der Waals surface area contributed by atoms with Gasteiger partial charge in [-0.3, -0.25) is 19.8 Å². The maximum atomic E-state index is 12.0. The Labute approximate surface area is 167 Å². The third-order valence-corrected chi connectivity index (χ3v) is 4.49. The number of esters is 1. The van der Waals surface area contributed by atoms with Crippen LogP contribution in [-0.2, 0) is 27.9 Å². The summed E-state index contributed by atoms with van der Waals surface area (Å²) in [7, 11) is 1.49. The molecule has 1 saturated heterocycles. The summed E-state index contributed by atoms with van der Waals surface area (Å²) in [6.45, 7) is 3.60. The molecular formula is C19H22N4O6. The van der Waals surface area contributed by atoms with Crippen molar-refractivity contribution in [2.75, 3.05) is 38.2 Å². The summed E-state index contributed by atoms with van der Waals surface area (Å²) in [5.41, 5.74) is 1.49. The van der Waals surface area contributed by atoms with Crippen molar-refractivity contribution in [3.8, 4) is 0 Å². The fraction of sp³-hybridized carbons (Fsp3) is 0.368. The van der Waals surface area contributed by atoms with Crippen molar-refractivity contribution in [3.05, 3.63) is 57.9 Å². The molecule has 1 fully saturated rings. The molecule has 0 radical (unpaired) electrons. The van der Waals surface area contributed by atoms with Crippen molar-refractivity contribution in [3.63, 3.8) is 0 Å². The van der Waals surface area contributed by atoms with Crippen LogP contribution in [0.3, 0.4) is 0 Å². The third kappa shape index (κ3) is 5.62. The van der Waals surface area contributed by atoms with Crippen molar-refractivity contribution in [2.24, 2.45) is 7.05 Å². The van der Waals surface area contributed by atoms with Crippen LogP contribution >= 0.6 is 0 Å². The predicted octanol–water partition coefficient (Wildman–Crippen LogP) is 1.56. The Morgan fingerprint density at radius 2 is 1.93 bits per heavy atom. The molecule has 2 aromatic rings. The molecule has 10 nitrogen and oxygen atoms in total. The molecule has 29 heavy (non-hydrogen) atoms. The lowest BCUT2D eigenvalue weighted by Gasteiger charge is -2.26. The minimum absolute atomic E-state index is 0.00281. The minimum atomic E-state index is -0.809. The first-order chi connectivity index (χ1) is 13.9. The number of carbonyl (C=O) groups is 2. The minimum Gasteiger partial charge on any atom is -0.451 e. The van der Waals surface area contributed by atoms with E-state index in [-0.39, 0.29) is 11.4 Å². The monoisotopic (exact) mass is 402 g/mol. The molecule has 0 spiro atoms. The Hall–Kier alpha value is -3.24. The van der Waals surface area contributed by atoms with Crippen LogP contribution in [0, 0.1) is 10.1 Å². The second-order valence-corrected chi connectivity index (χ2v) is 6.66. The lowest BCUT2D eigenvalue weighted by molar-refractivity contribution is -0.384. The molecule has 1 N–H and O–H groups in total. The average molecular weight is 402 g/mol. The molecule has 1 aromatic heterocycles.